The zero-order valence-corrected chi connectivity index (χ0v) is 11.7. The van der Waals surface area contributed by atoms with Gasteiger partial charge in [-0.05, 0) is 62.2 Å². The summed E-state index contributed by atoms with van der Waals surface area (Å²) in [7, 11) is 0. The third-order valence-electron chi connectivity index (χ3n) is 5.00. The molecule has 1 heterocycles. The average molecular weight is 287 g/mol. The summed E-state index contributed by atoms with van der Waals surface area (Å²) in [5.41, 5.74) is 0.673. The van der Waals surface area contributed by atoms with Gasteiger partial charge in [-0.15, -0.1) is 0 Å². The largest absolute Gasteiger partial charge is 0.378 e. The molecule has 2 saturated carbocycles. The topological polar surface area (TPSA) is 9.23 Å². The van der Waals surface area contributed by atoms with Gasteiger partial charge in [0.2, 0.25) is 0 Å². The predicted molar refractivity (Wildman–Crippen MR) is 69.9 cm³/mol. The van der Waals surface area contributed by atoms with E-state index < -0.39 is 0 Å². The van der Waals surface area contributed by atoms with Crippen LogP contribution in [0.15, 0.2) is 0 Å². The monoisotopic (exact) mass is 286 g/mol. The van der Waals surface area contributed by atoms with Crippen molar-refractivity contribution in [2.75, 3.05) is 11.9 Å². The maximum Gasteiger partial charge on any atom is 0.0576 e. The van der Waals surface area contributed by atoms with E-state index in [9.17, 15) is 0 Å². The summed E-state index contributed by atoms with van der Waals surface area (Å²) in [5, 5.41) is 1.23. The molecule has 0 N–H and O–H groups in total. The number of fused-ring (bicyclic) bond motifs is 1. The van der Waals surface area contributed by atoms with E-state index in [2.05, 4.69) is 15.9 Å². The molecule has 1 nitrogen and oxygen atoms in total. The van der Waals surface area contributed by atoms with Crippen LogP contribution in [0.4, 0.5) is 0 Å². The first-order valence-corrected chi connectivity index (χ1v) is 8.11. The van der Waals surface area contributed by atoms with Crippen molar-refractivity contribution < 1.29 is 4.74 Å². The van der Waals surface area contributed by atoms with Crippen LogP contribution in [0.2, 0.25) is 0 Å². The highest BCUT2D eigenvalue weighted by molar-refractivity contribution is 9.09. The zero-order chi connectivity index (χ0) is 11.0. The van der Waals surface area contributed by atoms with E-state index in [1.54, 1.807) is 6.42 Å². The average Bonchev–Trinajstić information content (AvgIpc) is 2.74. The summed E-state index contributed by atoms with van der Waals surface area (Å²) in [4.78, 5) is 0. The van der Waals surface area contributed by atoms with Crippen LogP contribution in [0.1, 0.15) is 51.4 Å². The lowest BCUT2D eigenvalue weighted by Crippen LogP contribution is -2.21. The lowest BCUT2D eigenvalue weighted by molar-refractivity contribution is 0.0979. The van der Waals surface area contributed by atoms with Gasteiger partial charge in [0.25, 0.3) is 0 Å². The number of rotatable bonds is 5. The molecular formula is C14H23BrO. The molecule has 3 rings (SSSR count). The van der Waals surface area contributed by atoms with Crippen LogP contribution in [0.3, 0.4) is 0 Å². The molecular weight excluding hydrogens is 264 g/mol. The van der Waals surface area contributed by atoms with E-state index in [-0.39, 0.29) is 0 Å². The molecule has 0 aromatic heterocycles. The van der Waals surface area contributed by atoms with Crippen LogP contribution >= 0.6 is 15.9 Å². The van der Waals surface area contributed by atoms with E-state index in [0.717, 1.165) is 18.4 Å². The van der Waals surface area contributed by atoms with Crippen molar-refractivity contribution >= 4 is 15.9 Å². The molecule has 92 valence electrons. The summed E-state index contributed by atoms with van der Waals surface area (Å²) in [6.45, 7) is 1.01. The van der Waals surface area contributed by atoms with Crippen LogP contribution in [-0.4, -0.2) is 18.0 Å². The number of hydrogen-bond acceptors (Lipinski definition) is 1. The molecule has 2 aliphatic carbocycles. The number of halogens is 1. The van der Waals surface area contributed by atoms with Crippen molar-refractivity contribution in [1.29, 1.82) is 0 Å². The van der Waals surface area contributed by atoms with E-state index in [1.807, 2.05) is 0 Å². The quantitative estimate of drug-likeness (QED) is 0.690. The van der Waals surface area contributed by atoms with Gasteiger partial charge in [0.05, 0.1) is 6.10 Å². The van der Waals surface area contributed by atoms with Crippen LogP contribution in [0.5, 0.6) is 0 Å². The predicted octanol–water partition coefficient (Wildman–Crippen LogP) is 4.15. The second kappa shape index (κ2) is 4.61. The zero-order valence-electron chi connectivity index (χ0n) is 10.1. The van der Waals surface area contributed by atoms with Crippen molar-refractivity contribution in [3.8, 4) is 0 Å². The second-order valence-corrected chi connectivity index (χ2v) is 6.89. The Morgan fingerprint density at radius 2 is 2.06 bits per heavy atom. The highest BCUT2D eigenvalue weighted by Gasteiger charge is 2.52. The van der Waals surface area contributed by atoms with Gasteiger partial charge in [-0.2, -0.15) is 0 Å². The van der Waals surface area contributed by atoms with Gasteiger partial charge in [0.1, 0.15) is 0 Å². The van der Waals surface area contributed by atoms with Crippen molar-refractivity contribution in [3.05, 3.63) is 0 Å². The molecule has 3 unspecified atom stereocenters. The molecule has 0 spiro atoms. The van der Waals surface area contributed by atoms with Crippen molar-refractivity contribution in [2.45, 2.75) is 57.5 Å². The fourth-order valence-electron chi connectivity index (χ4n) is 3.96. The summed E-state index contributed by atoms with van der Waals surface area (Å²) < 4.78 is 5.70. The first-order valence-electron chi connectivity index (χ1n) is 6.99. The Hall–Kier alpha value is 0.440. The van der Waals surface area contributed by atoms with Crippen molar-refractivity contribution in [1.82, 2.24) is 0 Å². The number of alkyl halides is 1. The summed E-state index contributed by atoms with van der Waals surface area (Å²) >= 11 is 3.76. The molecule has 3 aliphatic rings. The Bertz CT molecular complexity index is 237. The minimum atomic E-state index is 0.600. The Morgan fingerprint density at radius 1 is 1.25 bits per heavy atom. The molecule has 0 bridgehead atoms. The van der Waals surface area contributed by atoms with Crippen LogP contribution in [0, 0.1) is 17.3 Å². The Balaban J connectivity index is 1.42. The highest BCUT2D eigenvalue weighted by Crippen LogP contribution is 2.62. The van der Waals surface area contributed by atoms with Gasteiger partial charge in [-0.3, -0.25) is 0 Å². The fourth-order valence-corrected chi connectivity index (χ4v) is 4.70. The first-order chi connectivity index (χ1) is 7.81. The lowest BCUT2D eigenvalue weighted by Gasteiger charge is -2.29. The number of ether oxygens (including phenoxy) is 1. The van der Waals surface area contributed by atoms with Gasteiger partial charge in [0, 0.05) is 11.9 Å². The molecule has 3 fully saturated rings. The molecule has 0 aromatic carbocycles. The molecule has 0 amide bonds. The number of hydrogen-bond donors (Lipinski definition) is 0. The highest BCUT2D eigenvalue weighted by atomic mass is 79.9. The van der Waals surface area contributed by atoms with E-state index >= 15 is 0 Å². The molecule has 0 radical (unpaired) electrons. The third kappa shape index (κ3) is 2.33. The Morgan fingerprint density at radius 3 is 2.69 bits per heavy atom. The van der Waals surface area contributed by atoms with Crippen molar-refractivity contribution in [3.63, 3.8) is 0 Å². The van der Waals surface area contributed by atoms with Gasteiger partial charge in [0.15, 0.2) is 0 Å². The third-order valence-corrected chi connectivity index (χ3v) is 6.19. The second-order valence-electron chi connectivity index (χ2n) is 6.32. The van der Waals surface area contributed by atoms with Gasteiger partial charge in [-0.25, -0.2) is 0 Å². The van der Waals surface area contributed by atoms with Gasteiger partial charge < -0.3 is 4.74 Å². The molecule has 0 aromatic rings. The van der Waals surface area contributed by atoms with E-state index in [0.29, 0.717) is 11.5 Å². The molecule has 3 atom stereocenters. The molecule has 16 heavy (non-hydrogen) atoms. The SMILES string of the molecule is BrCC1(CCCC2CCCO2)CC2CC2C1. The summed E-state index contributed by atoms with van der Waals surface area (Å²) in [6.07, 6.45) is 11.9. The van der Waals surface area contributed by atoms with Crippen LogP contribution in [-0.2, 0) is 4.74 Å². The molecule has 1 saturated heterocycles. The smallest absolute Gasteiger partial charge is 0.0576 e. The minimum absolute atomic E-state index is 0.600. The fraction of sp³-hybridized carbons (Fsp3) is 1.00. The van der Waals surface area contributed by atoms with E-state index in [1.165, 1.54) is 50.3 Å². The van der Waals surface area contributed by atoms with Crippen molar-refractivity contribution in [2.24, 2.45) is 17.3 Å². The first kappa shape index (κ1) is 11.5. The van der Waals surface area contributed by atoms with E-state index in [4.69, 9.17) is 4.74 Å². The lowest BCUT2D eigenvalue weighted by atomic mass is 9.80. The van der Waals surface area contributed by atoms with Crippen LogP contribution < -0.4 is 0 Å². The standard InChI is InChI=1S/C14H23BrO/c15-10-14(8-11-7-12(11)9-14)5-1-3-13-4-2-6-16-13/h11-13H,1-10H2. The maximum absolute atomic E-state index is 5.70. The van der Waals surface area contributed by atoms with Crippen LogP contribution in [0.25, 0.3) is 0 Å². The summed E-state index contributed by atoms with van der Waals surface area (Å²) in [5.74, 6) is 2.22. The Kier molecular flexibility index (Phi) is 3.32. The van der Waals surface area contributed by atoms with Gasteiger partial charge in [-0.1, -0.05) is 22.4 Å². The maximum atomic E-state index is 5.70. The Labute approximate surface area is 107 Å². The molecule has 1 aliphatic heterocycles. The van der Waals surface area contributed by atoms with Gasteiger partial charge >= 0.3 is 0 Å². The minimum Gasteiger partial charge on any atom is -0.378 e. The normalized spacial score (nSPS) is 45.9. The molecule has 2 heteroatoms. The summed E-state index contributed by atoms with van der Waals surface area (Å²) in [6, 6.07) is 0.